The number of nitrogens with zero attached hydrogens (tertiary/aromatic N) is 4. The van der Waals surface area contributed by atoms with Crippen molar-refractivity contribution in [3.63, 3.8) is 0 Å². The highest BCUT2D eigenvalue weighted by atomic mass is 35.5. The number of ether oxygens (including phenoxy) is 2. The second-order valence-electron chi connectivity index (χ2n) is 11.1. The van der Waals surface area contributed by atoms with E-state index < -0.39 is 0 Å². The average molecular weight is 664 g/mol. The fourth-order valence-corrected chi connectivity index (χ4v) is 5.50. The predicted octanol–water partition coefficient (Wildman–Crippen LogP) is 6.46. The van der Waals surface area contributed by atoms with Crippen LogP contribution < -0.4 is 10.3 Å². The van der Waals surface area contributed by atoms with Crippen molar-refractivity contribution in [2.45, 2.75) is 45.4 Å². The Morgan fingerprint density at radius 2 is 1.68 bits per heavy atom. The molecular formula is C34H45Cl3N4O3. The Kier molecular flexibility index (Phi) is 16.2. The van der Waals surface area contributed by atoms with Gasteiger partial charge in [0.05, 0.1) is 24.8 Å². The van der Waals surface area contributed by atoms with Crippen LogP contribution in [0.25, 0.3) is 10.9 Å². The zero-order chi connectivity index (χ0) is 28.4. The maximum absolute atomic E-state index is 11.9. The zero-order valence-electron chi connectivity index (χ0n) is 25.6. The lowest BCUT2D eigenvalue weighted by Crippen LogP contribution is -2.41. The summed E-state index contributed by atoms with van der Waals surface area (Å²) in [7, 11) is 1.80. The molecule has 2 aromatic heterocycles. The molecule has 0 bridgehead atoms. The third-order valence-corrected chi connectivity index (χ3v) is 8.14. The number of halogens is 3. The molecule has 5 rings (SSSR count). The fourth-order valence-electron chi connectivity index (χ4n) is 5.50. The molecule has 0 aliphatic carbocycles. The summed E-state index contributed by atoms with van der Waals surface area (Å²) in [4.78, 5) is 21.1. The number of piperidine rings is 1. The number of likely N-dealkylation sites (tertiary alicyclic amines) is 1. The Morgan fingerprint density at radius 3 is 2.43 bits per heavy atom. The first-order valence-electron chi connectivity index (χ1n) is 14.8. The summed E-state index contributed by atoms with van der Waals surface area (Å²) in [5.74, 6) is 0.843. The quantitative estimate of drug-likeness (QED) is 0.153. The van der Waals surface area contributed by atoms with Gasteiger partial charge < -0.3 is 18.9 Å². The number of rotatable bonds is 13. The van der Waals surface area contributed by atoms with Crippen LogP contribution in [0.15, 0.2) is 83.9 Å². The van der Waals surface area contributed by atoms with Gasteiger partial charge in [-0.25, -0.2) is 0 Å². The van der Waals surface area contributed by atoms with Crippen molar-refractivity contribution < 1.29 is 9.47 Å². The van der Waals surface area contributed by atoms with Gasteiger partial charge in [0.25, 0.3) is 5.56 Å². The number of aromatic nitrogens is 2. The van der Waals surface area contributed by atoms with E-state index in [0.717, 1.165) is 75.2 Å². The molecule has 4 aromatic rings. The highest BCUT2D eigenvalue weighted by Crippen LogP contribution is 2.20. The molecule has 44 heavy (non-hydrogen) atoms. The van der Waals surface area contributed by atoms with Crippen LogP contribution in [0.5, 0.6) is 5.75 Å². The minimum Gasteiger partial charge on any atom is -0.494 e. The molecule has 1 aliphatic heterocycles. The maximum atomic E-state index is 11.9. The summed E-state index contributed by atoms with van der Waals surface area (Å²) in [6.45, 7) is 9.69. The van der Waals surface area contributed by atoms with Crippen molar-refractivity contribution in [3.05, 3.63) is 106 Å². The second kappa shape index (κ2) is 19.0. The third kappa shape index (κ3) is 10.8. The molecule has 0 atom stereocenters. The summed E-state index contributed by atoms with van der Waals surface area (Å²) in [5.41, 5.74) is 4.83. The van der Waals surface area contributed by atoms with Gasteiger partial charge in [0.15, 0.2) is 0 Å². The largest absolute Gasteiger partial charge is 0.494 e. The Balaban J connectivity index is 0.00000225. The average Bonchev–Trinajstić information content (AvgIpc) is 3.01. The van der Waals surface area contributed by atoms with Crippen molar-refractivity contribution >= 4 is 48.1 Å². The lowest BCUT2D eigenvalue weighted by molar-refractivity contribution is -0.00400. The predicted molar refractivity (Wildman–Crippen MR) is 186 cm³/mol. The number of fused-ring (bicyclic) bond motifs is 1. The fraction of sp³-hybridized carbons (Fsp3) is 0.412. The van der Waals surface area contributed by atoms with Crippen molar-refractivity contribution in [1.82, 2.24) is 19.4 Å². The summed E-state index contributed by atoms with van der Waals surface area (Å²) >= 11 is 0. The van der Waals surface area contributed by atoms with Gasteiger partial charge in [-0.15, -0.1) is 37.2 Å². The van der Waals surface area contributed by atoms with Gasteiger partial charge >= 0.3 is 0 Å². The summed E-state index contributed by atoms with van der Waals surface area (Å²) in [6, 6.07) is 22.1. The molecule has 0 amide bonds. The minimum atomic E-state index is -0.00127. The molecule has 1 fully saturated rings. The van der Waals surface area contributed by atoms with E-state index in [0.29, 0.717) is 19.3 Å². The molecule has 10 heteroatoms. The van der Waals surface area contributed by atoms with Crippen molar-refractivity contribution in [2.75, 3.05) is 39.3 Å². The molecule has 0 saturated carbocycles. The lowest BCUT2D eigenvalue weighted by atomic mass is 10.1. The minimum absolute atomic E-state index is 0. The van der Waals surface area contributed by atoms with Gasteiger partial charge in [-0.2, -0.15) is 0 Å². The molecule has 7 nitrogen and oxygen atoms in total. The number of benzene rings is 2. The van der Waals surface area contributed by atoms with Gasteiger partial charge in [-0.3, -0.25) is 14.7 Å². The molecule has 1 saturated heterocycles. The lowest BCUT2D eigenvalue weighted by Gasteiger charge is -2.33. The van der Waals surface area contributed by atoms with E-state index in [2.05, 4.69) is 46.0 Å². The first kappa shape index (κ1) is 37.5. The van der Waals surface area contributed by atoms with Crippen LogP contribution >= 0.6 is 37.2 Å². The van der Waals surface area contributed by atoms with Crippen LogP contribution in [0.4, 0.5) is 0 Å². The molecular weight excluding hydrogens is 619 g/mol. The van der Waals surface area contributed by atoms with E-state index in [4.69, 9.17) is 9.47 Å². The smallest absolute Gasteiger partial charge is 0.250 e. The van der Waals surface area contributed by atoms with E-state index >= 15 is 0 Å². The van der Waals surface area contributed by atoms with Gasteiger partial charge in [0.2, 0.25) is 0 Å². The van der Waals surface area contributed by atoms with Crippen molar-refractivity contribution in [3.8, 4) is 5.75 Å². The Morgan fingerprint density at radius 1 is 0.932 bits per heavy atom. The molecule has 2 aromatic carbocycles. The van der Waals surface area contributed by atoms with Gasteiger partial charge in [-0.05, 0) is 79.3 Å². The van der Waals surface area contributed by atoms with Gasteiger partial charge in [0.1, 0.15) is 5.75 Å². The number of hydrogen-bond donors (Lipinski definition) is 0. The van der Waals surface area contributed by atoms with Gasteiger partial charge in [-0.1, -0.05) is 24.3 Å². The Bertz CT molecular complexity index is 1460. The maximum Gasteiger partial charge on any atom is 0.250 e. The zero-order valence-corrected chi connectivity index (χ0v) is 28.0. The van der Waals surface area contributed by atoms with Crippen LogP contribution in [-0.2, 0) is 24.9 Å². The third-order valence-electron chi connectivity index (χ3n) is 8.14. The SMILES string of the molecule is Cc1ccccc1CN(CCCOc1ccc2c(ccc(=O)n2C)c1)CCN1CCC(OCc2ccncc2)CC1.Cl.Cl.Cl. The number of hydrogen-bond acceptors (Lipinski definition) is 6. The summed E-state index contributed by atoms with van der Waals surface area (Å²) in [6.07, 6.45) is 7.09. The molecule has 0 unspecified atom stereocenters. The van der Waals surface area contributed by atoms with E-state index in [1.165, 1.54) is 16.7 Å². The second-order valence-corrected chi connectivity index (χ2v) is 11.1. The van der Waals surface area contributed by atoms with Crippen LogP contribution in [0.3, 0.4) is 0 Å². The Labute approximate surface area is 279 Å². The summed E-state index contributed by atoms with van der Waals surface area (Å²) in [5, 5.41) is 1.01. The number of pyridine rings is 2. The van der Waals surface area contributed by atoms with E-state index in [-0.39, 0.29) is 42.8 Å². The number of aryl methyl sites for hydroxylation is 2. The van der Waals surface area contributed by atoms with Crippen molar-refractivity contribution in [1.29, 1.82) is 0 Å². The van der Waals surface area contributed by atoms with Crippen molar-refractivity contribution in [2.24, 2.45) is 7.05 Å². The van der Waals surface area contributed by atoms with Crippen LogP contribution in [0.1, 0.15) is 36.0 Å². The van der Waals surface area contributed by atoms with E-state index in [9.17, 15) is 4.79 Å². The molecule has 0 spiro atoms. The molecule has 1 aliphatic rings. The topological polar surface area (TPSA) is 59.8 Å². The Hall–Kier alpha value is -2.65. The van der Waals surface area contributed by atoms with E-state index in [1.54, 1.807) is 17.7 Å². The van der Waals surface area contributed by atoms with Crippen LogP contribution in [0, 0.1) is 6.92 Å². The highest BCUT2D eigenvalue weighted by molar-refractivity contribution is 5.86. The first-order valence-corrected chi connectivity index (χ1v) is 14.8. The highest BCUT2D eigenvalue weighted by Gasteiger charge is 2.20. The molecule has 3 heterocycles. The standard InChI is InChI=1S/C34H42N4O3.3ClH/c1-27-6-3-4-7-30(27)25-38(18-5-23-40-32-9-10-33-29(24-32)8-11-34(39)36(33)2)22-21-37-19-14-31(15-20-37)41-26-28-12-16-35-17-13-28;;;/h3-4,6-13,16-17,24,31H,5,14-15,18-23,25-26H2,1-2H3;3*1H. The first-order chi connectivity index (χ1) is 20.0. The normalized spacial score (nSPS) is 13.6. The monoisotopic (exact) mass is 662 g/mol. The summed E-state index contributed by atoms with van der Waals surface area (Å²) < 4.78 is 14.0. The van der Waals surface area contributed by atoms with E-state index in [1.807, 2.05) is 48.8 Å². The molecule has 0 N–H and O–H groups in total. The van der Waals surface area contributed by atoms with Crippen LogP contribution in [0.2, 0.25) is 0 Å². The van der Waals surface area contributed by atoms with Crippen LogP contribution in [-0.4, -0.2) is 64.8 Å². The van der Waals surface area contributed by atoms with Gasteiger partial charge in [0, 0.05) is 70.2 Å². The molecule has 240 valence electrons. The molecule has 0 radical (unpaired) electrons.